The van der Waals surface area contributed by atoms with E-state index in [0.717, 1.165) is 12.4 Å². The van der Waals surface area contributed by atoms with Gasteiger partial charge in [-0.25, -0.2) is 0 Å². The van der Waals surface area contributed by atoms with Crippen molar-refractivity contribution >= 4 is 0 Å². The van der Waals surface area contributed by atoms with Gasteiger partial charge in [-0.3, -0.25) is 4.90 Å². The van der Waals surface area contributed by atoms with Gasteiger partial charge in [-0.1, -0.05) is 41.9 Å². The number of aromatic nitrogens is 2. The Labute approximate surface area is 125 Å². The van der Waals surface area contributed by atoms with Gasteiger partial charge < -0.3 is 10.3 Å². The molecule has 1 aliphatic rings. The standard InChI is InChI=1S/C16H22N4O/c17-11-14-8-4-5-9-20(14)12-16-18-15(19-21-16)10-13-6-2-1-3-7-13/h1-3,6-7,14H,4-5,8-12,17H2. The lowest BCUT2D eigenvalue weighted by Crippen LogP contribution is -2.43. The van der Waals surface area contributed by atoms with E-state index in [2.05, 4.69) is 27.2 Å². The minimum Gasteiger partial charge on any atom is -0.338 e. The van der Waals surface area contributed by atoms with E-state index in [1.54, 1.807) is 0 Å². The molecule has 2 heterocycles. The van der Waals surface area contributed by atoms with Crippen LogP contribution >= 0.6 is 0 Å². The van der Waals surface area contributed by atoms with Crippen LogP contribution in [0.1, 0.15) is 36.5 Å². The molecule has 0 spiro atoms. The smallest absolute Gasteiger partial charge is 0.240 e. The van der Waals surface area contributed by atoms with E-state index >= 15 is 0 Å². The van der Waals surface area contributed by atoms with E-state index in [1.807, 2.05) is 18.2 Å². The summed E-state index contributed by atoms with van der Waals surface area (Å²) >= 11 is 0. The molecule has 3 rings (SSSR count). The van der Waals surface area contributed by atoms with Crippen LogP contribution in [0, 0.1) is 0 Å². The molecular formula is C16H22N4O. The maximum absolute atomic E-state index is 5.85. The summed E-state index contributed by atoms with van der Waals surface area (Å²) in [6.07, 6.45) is 4.37. The molecule has 1 aromatic heterocycles. The molecule has 2 N–H and O–H groups in total. The van der Waals surface area contributed by atoms with Gasteiger partial charge in [-0.15, -0.1) is 0 Å². The normalized spacial score (nSPS) is 19.8. The Morgan fingerprint density at radius 3 is 2.90 bits per heavy atom. The van der Waals surface area contributed by atoms with E-state index in [4.69, 9.17) is 10.3 Å². The van der Waals surface area contributed by atoms with Crippen molar-refractivity contribution in [3.8, 4) is 0 Å². The van der Waals surface area contributed by atoms with Crippen molar-refractivity contribution in [2.24, 2.45) is 5.73 Å². The van der Waals surface area contributed by atoms with Crippen LogP contribution in [0.3, 0.4) is 0 Å². The number of nitrogens with two attached hydrogens (primary N) is 1. The summed E-state index contributed by atoms with van der Waals surface area (Å²) in [5.41, 5.74) is 7.04. The molecule has 0 aliphatic carbocycles. The van der Waals surface area contributed by atoms with Crippen LogP contribution in [0.5, 0.6) is 0 Å². The van der Waals surface area contributed by atoms with Gasteiger partial charge in [0.2, 0.25) is 5.89 Å². The van der Waals surface area contributed by atoms with Crippen molar-refractivity contribution in [3.63, 3.8) is 0 Å². The summed E-state index contributed by atoms with van der Waals surface area (Å²) in [6, 6.07) is 10.7. The number of likely N-dealkylation sites (tertiary alicyclic amines) is 1. The van der Waals surface area contributed by atoms with E-state index in [0.29, 0.717) is 31.4 Å². The third kappa shape index (κ3) is 3.68. The van der Waals surface area contributed by atoms with Crippen molar-refractivity contribution < 1.29 is 4.52 Å². The molecule has 1 aromatic carbocycles. The summed E-state index contributed by atoms with van der Waals surface area (Å²) in [5.74, 6) is 1.44. The third-order valence-electron chi connectivity index (χ3n) is 4.07. The van der Waals surface area contributed by atoms with Gasteiger partial charge in [0, 0.05) is 19.0 Å². The Hall–Kier alpha value is -1.72. The second-order valence-electron chi connectivity index (χ2n) is 5.62. The fourth-order valence-corrected chi connectivity index (χ4v) is 2.91. The summed E-state index contributed by atoms with van der Waals surface area (Å²) in [6.45, 7) is 2.48. The second-order valence-corrected chi connectivity index (χ2v) is 5.62. The molecule has 0 radical (unpaired) electrons. The average molecular weight is 286 g/mol. The Kier molecular flexibility index (Phi) is 4.62. The van der Waals surface area contributed by atoms with Gasteiger partial charge in [0.1, 0.15) is 0 Å². The molecule has 1 saturated heterocycles. The van der Waals surface area contributed by atoms with Crippen molar-refractivity contribution in [3.05, 3.63) is 47.6 Å². The number of hydrogen-bond donors (Lipinski definition) is 1. The zero-order valence-electron chi connectivity index (χ0n) is 12.2. The van der Waals surface area contributed by atoms with Crippen LogP contribution < -0.4 is 5.73 Å². The fourth-order valence-electron chi connectivity index (χ4n) is 2.91. The SMILES string of the molecule is NCC1CCCCN1Cc1nc(Cc2ccccc2)no1. The molecular weight excluding hydrogens is 264 g/mol. The van der Waals surface area contributed by atoms with Crippen LogP contribution in [-0.4, -0.2) is 34.2 Å². The molecule has 21 heavy (non-hydrogen) atoms. The molecule has 1 atom stereocenters. The number of nitrogens with zero attached hydrogens (tertiary/aromatic N) is 3. The number of benzene rings is 1. The molecule has 5 nitrogen and oxygen atoms in total. The lowest BCUT2D eigenvalue weighted by molar-refractivity contribution is 0.128. The first-order valence-corrected chi connectivity index (χ1v) is 7.64. The highest BCUT2D eigenvalue weighted by Gasteiger charge is 2.23. The highest BCUT2D eigenvalue weighted by Crippen LogP contribution is 2.18. The predicted octanol–water partition coefficient (Wildman–Crippen LogP) is 1.97. The number of piperidine rings is 1. The van der Waals surface area contributed by atoms with Crippen molar-refractivity contribution in [2.45, 2.75) is 38.3 Å². The molecule has 1 fully saturated rings. The molecule has 112 valence electrons. The van der Waals surface area contributed by atoms with Gasteiger partial charge in [0.25, 0.3) is 0 Å². The van der Waals surface area contributed by atoms with Gasteiger partial charge in [0.05, 0.1) is 6.54 Å². The Bertz CT molecular complexity index is 554. The van der Waals surface area contributed by atoms with E-state index in [9.17, 15) is 0 Å². The van der Waals surface area contributed by atoms with Crippen LogP contribution in [0.4, 0.5) is 0 Å². The van der Waals surface area contributed by atoms with Gasteiger partial charge in [-0.05, 0) is 24.9 Å². The summed E-state index contributed by atoms with van der Waals surface area (Å²) < 4.78 is 5.39. The molecule has 0 amide bonds. The Balaban J connectivity index is 1.62. The monoisotopic (exact) mass is 286 g/mol. The van der Waals surface area contributed by atoms with E-state index < -0.39 is 0 Å². The lowest BCUT2D eigenvalue weighted by Gasteiger charge is -2.33. The lowest BCUT2D eigenvalue weighted by atomic mass is 10.0. The molecule has 0 bridgehead atoms. The van der Waals surface area contributed by atoms with Crippen LogP contribution in [0.15, 0.2) is 34.9 Å². The molecule has 1 aliphatic heterocycles. The highest BCUT2D eigenvalue weighted by molar-refractivity contribution is 5.18. The number of hydrogen-bond acceptors (Lipinski definition) is 5. The molecule has 2 aromatic rings. The van der Waals surface area contributed by atoms with Gasteiger partial charge >= 0.3 is 0 Å². The van der Waals surface area contributed by atoms with Crippen LogP contribution in [0.25, 0.3) is 0 Å². The first-order chi connectivity index (χ1) is 10.3. The van der Waals surface area contributed by atoms with Gasteiger partial charge in [0.15, 0.2) is 5.82 Å². The Morgan fingerprint density at radius 1 is 1.24 bits per heavy atom. The maximum atomic E-state index is 5.85. The third-order valence-corrected chi connectivity index (χ3v) is 4.07. The molecule has 5 heteroatoms. The average Bonchev–Trinajstić information content (AvgIpc) is 2.96. The largest absolute Gasteiger partial charge is 0.338 e. The van der Waals surface area contributed by atoms with E-state index in [-0.39, 0.29) is 0 Å². The zero-order valence-corrected chi connectivity index (χ0v) is 12.2. The minimum absolute atomic E-state index is 0.447. The number of rotatable bonds is 5. The first-order valence-electron chi connectivity index (χ1n) is 7.64. The zero-order chi connectivity index (χ0) is 14.5. The topological polar surface area (TPSA) is 68.2 Å². The van der Waals surface area contributed by atoms with Crippen LogP contribution in [0.2, 0.25) is 0 Å². The van der Waals surface area contributed by atoms with Gasteiger partial charge in [-0.2, -0.15) is 4.98 Å². The predicted molar refractivity (Wildman–Crippen MR) is 80.6 cm³/mol. The molecule has 1 unspecified atom stereocenters. The quantitative estimate of drug-likeness (QED) is 0.910. The van der Waals surface area contributed by atoms with Crippen molar-refractivity contribution in [2.75, 3.05) is 13.1 Å². The highest BCUT2D eigenvalue weighted by atomic mass is 16.5. The minimum atomic E-state index is 0.447. The first kappa shape index (κ1) is 14.2. The second kappa shape index (κ2) is 6.83. The summed E-state index contributed by atoms with van der Waals surface area (Å²) in [7, 11) is 0. The van der Waals surface area contributed by atoms with Crippen LogP contribution in [-0.2, 0) is 13.0 Å². The maximum Gasteiger partial charge on any atom is 0.240 e. The van der Waals surface area contributed by atoms with Crippen molar-refractivity contribution in [1.82, 2.24) is 15.0 Å². The summed E-state index contributed by atoms with van der Waals surface area (Å²) in [4.78, 5) is 6.87. The van der Waals surface area contributed by atoms with E-state index in [1.165, 1.54) is 24.8 Å². The van der Waals surface area contributed by atoms with Crippen molar-refractivity contribution in [1.29, 1.82) is 0 Å². The molecule has 0 saturated carbocycles. The Morgan fingerprint density at radius 2 is 2.10 bits per heavy atom. The summed E-state index contributed by atoms with van der Waals surface area (Å²) in [5, 5.41) is 4.08. The fraction of sp³-hybridized carbons (Fsp3) is 0.500.